The van der Waals surface area contributed by atoms with Gasteiger partial charge < -0.3 is 30.3 Å². The molecule has 6 aromatic rings. The second kappa shape index (κ2) is 25.4. The summed E-state index contributed by atoms with van der Waals surface area (Å²) >= 11 is 2.18. The number of azo groups is 2. The third-order valence-corrected chi connectivity index (χ3v) is 11.6. The van der Waals surface area contributed by atoms with Gasteiger partial charge in [0.1, 0.15) is 43.1 Å². The van der Waals surface area contributed by atoms with Crippen LogP contribution in [0.1, 0.15) is 16.7 Å². The minimum atomic E-state index is -4.76. The summed E-state index contributed by atoms with van der Waals surface area (Å²) in [5, 5.41) is 72.3. The number of thiophene rings is 1. The molecule has 0 atom stereocenters. The van der Waals surface area contributed by atoms with Crippen molar-refractivity contribution in [2.24, 2.45) is 20.5 Å². The van der Waals surface area contributed by atoms with E-state index in [1.165, 1.54) is 37.3 Å². The largest absolute Gasteiger partial charge is 1.00 e. The number of aromatic nitrogens is 1. The van der Waals surface area contributed by atoms with Crippen LogP contribution in [0.4, 0.5) is 44.4 Å². The van der Waals surface area contributed by atoms with Crippen molar-refractivity contribution in [3.8, 4) is 12.1 Å². The molecule has 0 radical (unpaired) electrons. The zero-order valence-corrected chi connectivity index (χ0v) is 37.7. The molecule has 30 heteroatoms. The Kier molecular flexibility index (Phi) is 22.4. The smallest absolute Gasteiger partial charge is 0.744 e. The number of anilines is 4. The molecular formula is C34H19Li4N9O12S5. The molecule has 0 amide bonds. The molecule has 2 heterocycles. The van der Waals surface area contributed by atoms with Gasteiger partial charge in [0.25, 0.3) is 0 Å². The Hall–Kier alpha value is -3.56. The summed E-state index contributed by atoms with van der Waals surface area (Å²) in [5.41, 5.74) is 1.15. The van der Waals surface area contributed by atoms with E-state index in [1.807, 2.05) is 12.1 Å². The number of hydrogen-bond donors (Lipinski definition) is 2. The van der Waals surface area contributed by atoms with Crippen LogP contribution in [0.2, 0.25) is 0 Å². The summed E-state index contributed by atoms with van der Waals surface area (Å²) in [4.78, 5) is 4.39. The first kappa shape index (κ1) is 56.6. The predicted octanol–water partition coefficient (Wildman–Crippen LogP) is -5.05. The topological polar surface area (TPSA) is 331 Å². The zero-order valence-electron chi connectivity index (χ0n) is 33.7. The number of nitrogens with one attached hydrogen (secondary N) is 2. The summed E-state index contributed by atoms with van der Waals surface area (Å²) in [6, 6.07) is 23.1. The molecule has 4 aromatic carbocycles. The molecule has 21 nitrogen and oxygen atoms in total. The summed E-state index contributed by atoms with van der Waals surface area (Å²) in [6.07, 6.45) is 0. The van der Waals surface area contributed by atoms with Gasteiger partial charge in [-0.1, -0.05) is 17.4 Å². The Morgan fingerprint density at radius 1 is 0.703 bits per heavy atom. The quantitative estimate of drug-likeness (QED) is 0.0229. The SMILES string of the molecule is Cc1c(C#N)c(Nc2ccc(S(=O)(=O)[O-])cc2)nc(Nc2ccc(S(=O)(=O)[O-])cc2)c1N=Nc1sc(N=Nc2ccc3c(SOO[O-])cc(SOO[O-])cc3c2)cc1C#N.[Li+].[Li+].[Li+].[Li+]. The maximum absolute atomic E-state index is 11.5. The standard InChI is InChI=1S/C34H23N9O12S5.4Li/c1-18-28(17-36)32(37-21-2-7-25(8-3-21)59(46,47)48)39-33(38-22-4-9-26(10-5-22)60(49,50)51)31(18)42-43-34-20(16-35)14-30(56-34)41-40-23-6-11-27-19(12-23)13-24(57-54-52-44)15-29(27)58-55-53-45;;;;/h2-15,44-45H,1H3,(H2,37,38,39)(H,46,47,48)(H,49,50,51);;;;/q;4*+1/p-4. The maximum atomic E-state index is 11.5. The summed E-state index contributed by atoms with van der Waals surface area (Å²) in [6.45, 7) is 1.53. The van der Waals surface area contributed by atoms with Crippen LogP contribution in [-0.2, 0) is 39.0 Å². The first-order valence-corrected chi connectivity index (χ1v) is 21.1. The van der Waals surface area contributed by atoms with Crippen LogP contribution in [-0.4, -0.2) is 30.9 Å². The van der Waals surface area contributed by atoms with Crippen molar-refractivity contribution in [2.45, 2.75) is 26.5 Å². The summed E-state index contributed by atoms with van der Waals surface area (Å²) < 4.78 is 77.6. The number of nitrogens with zero attached hydrogens (tertiary/aromatic N) is 7. The van der Waals surface area contributed by atoms with Crippen molar-refractivity contribution in [1.29, 1.82) is 10.5 Å². The molecule has 0 saturated heterocycles. The first-order valence-electron chi connectivity index (χ1n) is 16.0. The van der Waals surface area contributed by atoms with Gasteiger partial charge in [-0.15, -0.1) is 20.5 Å². The third kappa shape index (κ3) is 14.5. The van der Waals surface area contributed by atoms with Crippen LogP contribution < -0.4 is 96.6 Å². The molecule has 0 bridgehead atoms. The van der Waals surface area contributed by atoms with Crippen molar-refractivity contribution in [1.82, 2.24) is 4.98 Å². The fourth-order valence-electron chi connectivity index (χ4n) is 5.17. The van der Waals surface area contributed by atoms with Gasteiger partial charge in [0.15, 0.2) is 16.6 Å². The Bertz CT molecular complexity index is 2980. The van der Waals surface area contributed by atoms with Crippen LogP contribution in [0.3, 0.4) is 0 Å². The monoisotopic (exact) mass is 933 g/mol. The molecule has 0 aliphatic rings. The molecule has 64 heavy (non-hydrogen) atoms. The molecule has 0 unspecified atom stereocenters. The molecule has 0 aliphatic heterocycles. The van der Waals surface area contributed by atoms with E-state index in [9.17, 15) is 47.0 Å². The average molecular weight is 934 g/mol. The van der Waals surface area contributed by atoms with Crippen molar-refractivity contribution in [3.63, 3.8) is 0 Å². The van der Waals surface area contributed by atoms with Gasteiger partial charge >= 0.3 is 75.4 Å². The molecule has 0 spiro atoms. The van der Waals surface area contributed by atoms with Gasteiger partial charge in [0.2, 0.25) is 0 Å². The maximum Gasteiger partial charge on any atom is 1.00 e. The number of pyridine rings is 1. The minimum absolute atomic E-state index is 0. The zero-order chi connectivity index (χ0) is 43.0. The molecular weight excluding hydrogens is 915 g/mol. The Labute approximate surface area is 424 Å². The second-order valence-corrected chi connectivity index (χ2v) is 16.8. The molecule has 2 N–H and O–H groups in total. The van der Waals surface area contributed by atoms with Crippen LogP contribution in [0, 0.1) is 29.6 Å². The van der Waals surface area contributed by atoms with E-state index in [1.54, 1.807) is 30.3 Å². The van der Waals surface area contributed by atoms with Gasteiger partial charge in [-0.2, -0.15) is 19.2 Å². The van der Waals surface area contributed by atoms with Crippen molar-refractivity contribution < 1.29 is 131 Å². The number of fused-ring (bicyclic) bond motifs is 1. The van der Waals surface area contributed by atoms with E-state index in [-0.39, 0.29) is 131 Å². The van der Waals surface area contributed by atoms with Gasteiger partial charge in [0.05, 0.1) is 50.7 Å². The predicted molar refractivity (Wildman–Crippen MR) is 206 cm³/mol. The van der Waals surface area contributed by atoms with Gasteiger partial charge in [-0.05, 0) is 96.6 Å². The molecule has 2 aromatic heterocycles. The van der Waals surface area contributed by atoms with E-state index in [4.69, 9.17) is 0 Å². The summed E-state index contributed by atoms with van der Waals surface area (Å²) in [5.74, 6) is -0.0550. The van der Waals surface area contributed by atoms with E-state index < -0.39 is 30.0 Å². The minimum Gasteiger partial charge on any atom is -0.744 e. The molecule has 0 fully saturated rings. The fraction of sp³-hybridized carbons (Fsp3) is 0.0294. The average Bonchev–Trinajstić information content (AvgIpc) is 3.62. The molecule has 0 saturated carbocycles. The van der Waals surface area contributed by atoms with E-state index >= 15 is 0 Å². The Balaban J connectivity index is 0.00000352. The molecule has 0 aliphatic carbocycles. The van der Waals surface area contributed by atoms with E-state index in [0.29, 0.717) is 50.3 Å². The Morgan fingerprint density at radius 3 is 1.83 bits per heavy atom. The number of benzene rings is 4. The second-order valence-electron chi connectivity index (χ2n) is 11.6. The van der Waals surface area contributed by atoms with Crippen LogP contribution in [0.5, 0.6) is 0 Å². The number of hydrogen-bond acceptors (Lipinski definition) is 24. The van der Waals surface area contributed by atoms with E-state index in [2.05, 4.69) is 54.8 Å². The fourth-order valence-corrected chi connectivity index (χ4v) is 7.93. The normalized spacial score (nSPS) is 11.2. The van der Waals surface area contributed by atoms with Gasteiger partial charge in [0, 0.05) is 26.7 Å². The van der Waals surface area contributed by atoms with Crippen LogP contribution in [0.25, 0.3) is 10.8 Å². The van der Waals surface area contributed by atoms with Gasteiger partial charge in [-0.25, -0.2) is 21.8 Å². The number of rotatable bonds is 16. The summed E-state index contributed by atoms with van der Waals surface area (Å²) in [7, 11) is -9.49. The van der Waals surface area contributed by atoms with Crippen molar-refractivity contribution in [2.75, 3.05) is 10.6 Å². The van der Waals surface area contributed by atoms with Gasteiger partial charge in [-0.3, -0.25) is 10.1 Å². The Morgan fingerprint density at radius 2 is 1.28 bits per heavy atom. The van der Waals surface area contributed by atoms with Crippen LogP contribution in [0.15, 0.2) is 125 Å². The van der Waals surface area contributed by atoms with Crippen molar-refractivity contribution >= 4 is 111 Å². The molecule has 6 rings (SSSR count). The molecule has 306 valence electrons. The van der Waals surface area contributed by atoms with E-state index in [0.717, 1.165) is 35.6 Å². The first-order chi connectivity index (χ1) is 28.7. The number of nitriles is 2. The van der Waals surface area contributed by atoms with Crippen LogP contribution >= 0.6 is 35.4 Å². The third-order valence-electron chi connectivity index (χ3n) is 7.84. The van der Waals surface area contributed by atoms with Crippen molar-refractivity contribution in [3.05, 3.63) is 102 Å².